The summed E-state index contributed by atoms with van der Waals surface area (Å²) in [6.07, 6.45) is 0. The summed E-state index contributed by atoms with van der Waals surface area (Å²) in [4.78, 5) is 22.3. The summed E-state index contributed by atoms with van der Waals surface area (Å²) in [5.41, 5.74) is 0.172. The van der Waals surface area contributed by atoms with Gasteiger partial charge < -0.3 is 5.32 Å². The number of carbonyl (C=O) groups excluding carboxylic acids is 1. The van der Waals surface area contributed by atoms with E-state index in [1.807, 2.05) is 0 Å². The highest BCUT2D eigenvalue weighted by molar-refractivity contribution is 9.10. The minimum absolute atomic E-state index is 0.0307. The summed E-state index contributed by atoms with van der Waals surface area (Å²) in [5, 5.41) is 13.3. The van der Waals surface area contributed by atoms with E-state index in [4.69, 9.17) is 23.2 Å². The monoisotopic (exact) mass is 388 g/mol. The first kappa shape index (κ1) is 15.8. The van der Waals surface area contributed by atoms with Crippen LogP contribution in [0.3, 0.4) is 0 Å². The minimum Gasteiger partial charge on any atom is -0.322 e. The highest BCUT2D eigenvalue weighted by Gasteiger charge is 2.19. The van der Waals surface area contributed by atoms with Crippen molar-refractivity contribution in [3.63, 3.8) is 0 Å². The van der Waals surface area contributed by atoms with Gasteiger partial charge in [0.15, 0.2) is 0 Å². The van der Waals surface area contributed by atoms with Crippen LogP contribution in [0.2, 0.25) is 10.0 Å². The largest absolute Gasteiger partial charge is 0.322 e. The molecule has 0 aliphatic rings. The van der Waals surface area contributed by atoms with Gasteiger partial charge in [0.25, 0.3) is 11.6 Å². The van der Waals surface area contributed by atoms with Crippen molar-refractivity contribution in [3.05, 3.63) is 66.6 Å². The molecule has 1 amide bonds. The Morgan fingerprint density at radius 2 is 1.81 bits per heavy atom. The number of hydrogen-bond donors (Lipinski definition) is 1. The van der Waals surface area contributed by atoms with Gasteiger partial charge in [-0.15, -0.1) is 0 Å². The summed E-state index contributed by atoms with van der Waals surface area (Å²) in [6, 6.07) is 9.03. The molecule has 0 spiro atoms. The number of non-ortho nitro benzene ring substituents is 1. The average Bonchev–Trinajstić information content (AvgIpc) is 2.43. The molecule has 0 aromatic heterocycles. The SMILES string of the molecule is O=C(Nc1ccc(Br)cc1)c1cc([N+](=O)[O-])cc(Cl)c1Cl. The highest BCUT2D eigenvalue weighted by Crippen LogP contribution is 2.31. The first-order valence-electron chi connectivity index (χ1n) is 5.59. The van der Waals surface area contributed by atoms with Crippen LogP contribution in [-0.2, 0) is 0 Å². The number of nitrogens with zero attached hydrogens (tertiary/aromatic N) is 1. The van der Waals surface area contributed by atoms with Crippen LogP contribution >= 0.6 is 39.1 Å². The maximum atomic E-state index is 12.2. The smallest absolute Gasteiger partial charge is 0.271 e. The average molecular weight is 390 g/mol. The van der Waals surface area contributed by atoms with E-state index in [2.05, 4.69) is 21.2 Å². The standard InChI is InChI=1S/C13H7BrCl2N2O3/c14-7-1-3-8(4-2-7)17-13(19)10-5-9(18(20)21)6-11(15)12(10)16/h1-6H,(H,17,19). The van der Waals surface area contributed by atoms with Crippen LogP contribution in [0, 0.1) is 10.1 Å². The van der Waals surface area contributed by atoms with Crippen LogP contribution < -0.4 is 5.32 Å². The Balaban J connectivity index is 2.34. The summed E-state index contributed by atoms with van der Waals surface area (Å²) in [7, 11) is 0. The van der Waals surface area contributed by atoms with Gasteiger partial charge in [-0.05, 0) is 24.3 Å². The van der Waals surface area contributed by atoms with Gasteiger partial charge in [0.05, 0.1) is 20.5 Å². The molecule has 0 unspecified atom stereocenters. The second-order valence-corrected chi connectivity index (χ2v) is 5.71. The Morgan fingerprint density at radius 3 is 2.38 bits per heavy atom. The number of nitro groups is 1. The predicted octanol–water partition coefficient (Wildman–Crippen LogP) is 4.92. The maximum Gasteiger partial charge on any atom is 0.271 e. The molecule has 0 heterocycles. The summed E-state index contributed by atoms with van der Waals surface area (Å²) < 4.78 is 0.858. The molecule has 1 N–H and O–H groups in total. The lowest BCUT2D eigenvalue weighted by atomic mass is 10.1. The number of hydrogen-bond acceptors (Lipinski definition) is 3. The van der Waals surface area contributed by atoms with Crippen LogP contribution in [0.5, 0.6) is 0 Å². The Kier molecular flexibility index (Phi) is 4.82. The van der Waals surface area contributed by atoms with Gasteiger partial charge in [-0.2, -0.15) is 0 Å². The third kappa shape index (κ3) is 3.72. The van der Waals surface area contributed by atoms with Gasteiger partial charge >= 0.3 is 0 Å². The first-order valence-corrected chi connectivity index (χ1v) is 7.13. The molecule has 2 aromatic carbocycles. The van der Waals surface area contributed by atoms with Crippen molar-refractivity contribution < 1.29 is 9.72 Å². The lowest BCUT2D eigenvalue weighted by molar-refractivity contribution is -0.384. The van der Waals surface area contributed by atoms with Crippen molar-refractivity contribution in [2.75, 3.05) is 5.32 Å². The van der Waals surface area contributed by atoms with Crippen molar-refractivity contribution in [2.45, 2.75) is 0 Å². The molecule has 5 nitrogen and oxygen atoms in total. The second kappa shape index (κ2) is 6.43. The van der Waals surface area contributed by atoms with E-state index in [1.54, 1.807) is 24.3 Å². The summed E-state index contributed by atoms with van der Waals surface area (Å²) in [6.45, 7) is 0. The fourth-order valence-electron chi connectivity index (χ4n) is 1.58. The lowest BCUT2D eigenvalue weighted by Gasteiger charge is -2.08. The fourth-order valence-corrected chi connectivity index (χ4v) is 2.25. The zero-order valence-electron chi connectivity index (χ0n) is 10.3. The second-order valence-electron chi connectivity index (χ2n) is 4.01. The lowest BCUT2D eigenvalue weighted by Crippen LogP contribution is -2.13. The number of anilines is 1. The number of benzene rings is 2. The van der Waals surface area contributed by atoms with Gasteiger partial charge in [0.1, 0.15) is 0 Å². The van der Waals surface area contributed by atoms with E-state index < -0.39 is 10.8 Å². The topological polar surface area (TPSA) is 72.2 Å². The van der Waals surface area contributed by atoms with Gasteiger partial charge in [0.2, 0.25) is 0 Å². The maximum absolute atomic E-state index is 12.2. The van der Waals surface area contributed by atoms with E-state index in [1.165, 1.54) is 0 Å². The molecule has 0 fully saturated rings. The zero-order chi connectivity index (χ0) is 15.6. The van der Waals surface area contributed by atoms with Crippen molar-refractivity contribution >= 4 is 56.4 Å². The predicted molar refractivity (Wildman–Crippen MR) is 85.2 cm³/mol. The molecule has 0 saturated carbocycles. The van der Waals surface area contributed by atoms with Crippen molar-refractivity contribution in [1.29, 1.82) is 0 Å². The van der Waals surface area contributed by atoms with Gasteiger partial charge in [-0.1, -0.05) is 39.1 Å². The molecule has 8 heteroatoms. The zero-order valence-corrected chi connectivity index (χ0v) is 13.4. The molecule has 0 aliphatic carbocycles. The Labute approximate surface area is 138 Å². The van der Waals surface area contributed by atoms with Crippen LogP contribution in [0.4, 0.5) is 11.4 Å². The number of nitro benzene ring substituents is 1. The van der Waals surface area contributed by atoms with E-state index >= 15 is 0 Å². The molecule has 0 saturated heterocycles. The Bertz CT molecular complexity index is 720. The van der Waals surface area contributed by atoms with Gasteiger partial charge in [-0.3, -0.25) is 14.9 Å². The van der Waals surface area contributed by atoms with Crippen molar-refractivity contribution in [1.82, 2.24) is 0 Å². The fraction of sp³-hybridized carbons (Fsp3) is 0. The van der Waals surface area contributed by atoms with Gasteiger partial charge in [-0.25, -0.2) is 0 Å². The molecule has 0 atom stereocenters. The number of amides is 1. The van der Waals surface area contributed by atoms with E-state index in [0.29, 0.717) is 5.69 Å². The molecule has 0 bridgehead atoms. The molecule has 108 valence electrons. The molecule has 2 rings (SSSR count). The van der Waals surface area contributed by atoms with Crippen LogP contribution in [0.1, 0.15) is 10.4 Å². The van der Waals surface area contributed by atoms with Crippen LogP contribution in [-0.4, -0.2) is 10.8 Å². The molecular weight excluding hydrogens is 383 g/mol. The summed E-state index contributed by atoms with van der Waals surface area (Å²) >= 11 is 15.0. The van der Waals surface area contributed by atoms with E-state index in [9.17, 15) is 14.9 Å². The molecule has 21 heavy (non-hydrogen) atoms. The van der Waals surface area contributed by atoms with Crippen LogP contribution in [0.25, 0.3) is 0 Å². The van der Waals surface area contributed by atoms with Gasteiger partial charge in [0, 0.05) is 22.3 Å². The number of halogens is 3. The number of nitrogens with one attached hydrogen (secondary N) is 1. The number of rotatable bonds is 3. The molecule has 0 radical (unpaired) electrons. The Hall–Kier alpha value is -1.63. The molecular formula is C13H7BrCl2N2O3. The van der Waals surface area contributed by atoms with Crippen molar-refractivity contribution in [2.24, 2.45) is 0 Å². The first-order chi connectivity index (χ1) is 9.88. The minimum atomic E-state index is -0.640. The number of carbonyl (C=O) groups is 1. The van der Waals surface area contributed by atoms with E-state index in [-0.39, 0.29) is 21.3 Å². The third-order valence-corrected chi connectivity index (χ3v) is 3.90. The normalized spacial score (nSPS) is 10.2. The Morgan fingerprint density at radius 1 is 1.19 bits per heavy atom. The molecule has 2 aromatic rings. The van der Waals surface area contributed by atoms with E-state index in [0.717, 1.165) is 16.6 Å². The summed E-state index contributed by atoms with van der Waals surface area (Å²) in [5.74, 6) is -0.576. The third-order valence-electron chi connectivity index (χ3n) is 2.57. The van der Waals surface area contributed by atoms with Crippen molar-refractivity contribution in [3.8, 4) is 0 Å². The molecule has 0 aliphatic heterocycles. The quantitative estimate of drug-likeness (QED) is 0.598. The highest BCUT2D eigenvalue weighted by atomic mass is 79.9. The van der Waals surface area contributed by atoms with Crippen LogP contribution in [0.15, 0.2) is 40.9 Å².